The molecule has 0 aliphatic carbocycles. The van der Waals surface area contributed by atoms with Gasteiger partial charge in [-0.15, -0.1) is 0 Å². The van der Waals surface area contributed by atoms with Crippen molar-refractivity contribution in [3.05, 3.63) is 35.6 Å². The zero-order chi connectivity index (χ0) is 12.0. The third-order valence-electron chi connectivity index (χ3n) is 2.41. The van der Waals surface area contributed by atoms with Crippen LogP contribution in [0.25, 0.3) is 0 Å². The van der Waals surface area contributed by atoms with Gasteiger partial charge in [0.05, 0.1) is 6.10 Å². The van der Waals surface area contributed by atoms with E-state index in [0.717, 1.165) is 10.8 Å². The molecular weight excluding hydrogens is 318 g/mol. The molecule has 0 aromatic heterocycles. The van der Waals surface area contributed by atoms with Gasteiger partial charge in [0, 0.05) is 16.6 Å². The number of rotatable bonds is 6. The van der Waals surface area contributed by atoms with Crippen LogP contribution in [-0.2, 0) is 4.74 Å². The molecule has 1 atom stereocenters. The molecule has 0 radical (unpaired) electrons. The predicted molar refractivity (Wildman–Crippen MR) is 73.4 cm³/mol. The molecule has 3 heteroatoms. The third-order valence-corrected chi connectivity index (χ3v) is 3.21. The monoisotopic (exact) mass is 336 g/mol. The van der Waals surface area contributed by atoms with E-state index in [1.165, 1.54) is 6.07 Å². The molecule has 0 saturated carbocycles. The maximum absolute atomic E-state index is 13.5. The first kappa shape index (κ1) is 13.9. The van der Waals surface area contributed by atoms with Gasteiger partial charge in [-0.1, -0.05) is 54.6 Å². The van der Waals surface area contributed by atoms with Gasteiger partial charge >= 0.3 is 0 Å². The van der Waals surface area contributed by atoms with Crippen LogP contribution < -0.4 is 0 Å². The molecule has 0 bridgehead atoms. The van der Waals surface area contributed by atoms with Gasteiger partial charge in [-0.2, -0.15) is 0 Å². The Morgan fingerprint density at radius 1 is 1.31 bits per heavy atom. The Balaban J connectivity index is 2.57. The first-order chi connectivity index (χ1) is 7.65. The van der Waals surface area contributed by atoms with Gasteiger partial charge in [-0.3, -0.25) is 0 Å². The van der Waals surface area contributed by atoms with E-state index in [0.29, 0.717) is 18.1 Å². The second-order valence-electron chi connectivity index (χ2n) is 4.22. The highest BCUT2D eigenvalue weighted by atomic mass is 127. The van der Waals surface area contributed by atoms with Gasteiger partial charge in [0.1, 0.15) is 5.82 Å². The molecule has 1 rings (SSSR count). The largest absolute Gasteiger partial charge is 0.373 e. The first-order valence-corrected chi connectivity index (χ1v) is 7.09. The minimum absolute atomic E-state index is 0.124. The van der Waals surface area contributed by atoms with E-state index in [2.05, 4.69) is 36.4 Å². The number of hydrogen-bond acceptors (Lipinski definition) is 1. The van der Waals surface area contributed by atoms with Crippen molar-refractivity contribution in [2.45, 2.75) is 26.4 Å². The summed E-state index contributed by atoms with van der Waals surface area (Å²) in [5, 5.41) is 0. The Hall–Kier alpha value is -0.160. The standard InChI is InChI=1S/C13H18FIO/c1-10(2)7-8-16-13(9-15)11-5-3-4-6-12(11)14/h3-6,10,13H,7-9H2,1-2H3. The molecule has 90 valence electrons. The lowest BCUT2D eigenvalue weighted by molar-refractivity contribution is 0.0610. The molecule has 0 N–H and O–H groups in total. The van der Waals surface area contributed by atoms with Gasteiger partial charge in [0.15, 0.2) is 0 Å². The summed E-state index contributed by atoms with van der Waals surface area (Å²) in [7, 11) is 0. The molecule has 1 aromatic carbocycles. The maximum atomic E-state index is 13.5. The number of benzene rings is 1. The molecule has 0 aliphatic heterocycles. The average Bonchev–Trinajstić information content (AvgIpc) is 2.25. The second-order valence-corrected chi connectivity index (χ2v) is 5.10. The minimum atomic E-state index is -0.172. The van der Waals surface area contributed by atoms with Crippen LogP contribution >= 0.6 is 22.6 Å². The van der Waals surface area contributed by atoms with Crippen molar-refractivity contribution in [1.82, 2.24) is 0 Å². The van der Waals surface area contributed by atoms with E-state index in [9.17, 15) is 4.39 Å². The Bertz CT molecular complexity index is 315. The summed E-state index contributed by atoms with van der Waals surface area (Å²) in [6.45, 7) is 5.01. The molecule has 1 aromatic rings. The Morgan fingerprint density at radius 3 is 2.56 bits per heavy atom. The molecule has 0 spiro atoms. The Morgan fingerprint density at radius 2 is 2.00 bits per heavy atom. The van der Waals surface area contributed by atoms with Crippen LogP contribution in [0, 0.1) is 11.7 Å². The smallest absolute Gasteiger partial charge is 0.129 e. The molecule has 0 aliphatic rings. The van der Waals surface area contributed by atoms with E-state index < -0.39 is 0 Å². The van der Waals surface area contributed by atoms with Crippen LogP contribution in [0.5, 0.6) is 0 Å². The van der Waals surface area contributed by atoms with Crippen molar-refractivity contribution in [1.29, 1.82) is 0 Å². The summed E-state index contributed by atoms with van der Waals surface area (Å²) in [4.78, 5) is 0. The van der Waals surface area contributed by atoms with Gasteiger partial charge in [-0.25, -0.2) is 4.39 Å². The van der Waals surface area contributed by atoms with Gasteiger partial charge in [0.2, 0.25) is 0 Å². The van der Waals surface area contributed by atoms with Crippen molar-refractivity contribution in [3.8, 4) is 0 Å². The van der Waals surface area contributed by atoms with Crippen molar-refractivity contribution in [2.24, 2.45) is 5.92 Å². The van der Waals surface area contributed by atoms with E-state index in [-0.39, 0.29) is 11.9 Å². The average molecular weight is 336 g/mol. The minimum Gasteiger partial charge on any atom is -0.373 e. The molecular formula is C13H18FIO. The molecule has 0 fully saturated rings. The van der Waals surface area contributed by atoms with Crippen LogP contribution in [0.15, 0.2) is 24.3 Å². The van der Waals surface area contributed by atoms with E-state index in [1.807, 2.05) is 6.07 Å². The summed E-state index contributed by atoms with van der Waals surface area (Å²) in [5.74, 6) is 0.448. The van der Waals surface area contributed by atoms with Crippen molar-refractivity contribution >= 4 is 22.6 Å². The highest BCUT2D eigenvalue weighted by molar-refractivity contribution is 14.1. The summed E-state index contributed by atoms with van der Waals surface area (Å²) >= 11 is 2.24. The molecule has 1 unspecified atom stereocenters. The number of halogens is 2. The fourth-order valence-electron chi connectivity index (χ4n) is 1.40. The SMILES string of the molecule is CC(C)CCOC(CI)c1ccccc1F. The highest BCUT2D eigenvalue weighted by Gasteiger charge is 2.14. The molecule has 0 heterocycles. The third kappa shape index (κ3) is 4.37. The van der Waals surface area contributed by atoms with Crippen LogP contribution in [0.4, 0.5) is 4.39 Å². The summed E-state index contributed by atoms with van der Waals surface area (Å²) in [6.07, 6.45) is 0.891. The maximum Gasteiger partial charge on any atom is 0.129 e. The predicted octanol–water partition coefficient (Wildman–Crippen LogP) is 4.36. The number of alkyl halides is 1. The van der Waals surface area contributed by atoms with Gasteiger partial charge in [0.25, 0.3) is 0 Å². The van der Waals surface area contributed by atoms with Crippen LogP contribution in [0.3, 0.4) is 0 Å². The molecule has 0 amide bonds. The summed E-state index contributed by atoms with van der Waals surface area (Å²) in [5.41, 5.74) is 0.667. The zero-order valence-electron chi connectivity index (χ0n) is 9.75. The molecule has 0 saturated heterocycles. The summed E-state index contributed by atoms with van der Waals surface area (Å²) < 4.78 is 20.0. The lowest BCUT2D eigenvalue weighted by atomic mass is 10.1. The van der Waals surface area contributed by atoms with Gasteiger partial charge in [-0.05, 0) is 18.4 Å². The van der Waals surface area contributed by atoms with Crippen LogP contribution in [0.1, 0.15) is 31.9 Å². The first-order valence-electron chi connectivity index (χ1n) is 5.57. The molecule has 16 heavy (non-hydrogen) atoms. The van der Waals surface area contributed by atoms with Crippen LogP contribution in [0.2, 0.25) is 0 Å². The van der Waals surface area contributed by atoms with Crippen LogP contribution in [-0.4, -0.2) is 11.0 Å². The second kappa shape index (κ2) is 7.22. The molecule has 1 nitrogen and oxygen atoms in total. The van der Waals surface area contributed by atoms with Gasteiger partial charge < -0.3 is 4.74 Å². The van der Waals surface area contributed by atoms with Crippen molar-refractivity contribution in [2.75, 3.05) is 11.0 Å². The Kier molecular flexibility index (Phi) is 6.28. The highest BCUT2D eigenvalue weighted by Crippen LogP contribution is 2.23. The van der Waals surface area contributed by atoms with Crippen molar-refractivity contribution in [3.63, 3.8) is 0 Å². The van der Waals surface area contributed by atoms with Crippen molar-refractivity contribution < 1.29 is 9.13 Å². The fraction of sp³-hybridized carbons (Fsp3) is 0.538. The topological polar surface area (TPSA) is 9.23 Å². The van der Waals surface area contributed by atoms with E-state index >= 15 is 0 Å². The Labute approximate surface area is 111 Å². The van der Waals surface area contributed by atoms with E-state index in [1.54, 1.807) is 12.1 Å². The zero-order valence-corrected chi connectivity index (χ0v) is 11.9. The number of hydrogen-bond donors (Lipinski definition) is 0. The number of ether oxygens (including phenoxy) is 1. The lowest BCUT2D eigenvalue weighted by Crippen LogP contribution is -2.10. The van der Waals surface area contributed by atoms with E-state index in [4.69, 9.17) is 4.74 Å². The summed E-state index contributed by atoms with van der Waals surface area (Å²) in [6, 6.07) is 6.84. The lowest BCUT2D eigenvalue weighted by Gasteiger charge is -2.17. The fourth-order valence-corrected chi connectivity index (χ4v) is 2.13. The normalized spacial score (nSPS) is 13.1. The quantitative estimate of drug-likeness (QED) is 0.554.